The van der Waals surface area contributed by atoms with Crippen LogP contribution in [0.15, 0.2) is 0 Å². The molecule has 0 aromatic rings. The molecule has 0 aliphatic carbocycles. The van der Waals surface area contributed by atoms with E-state index in [2.05, 4.69) is 0 Å². The summed E-state index contributed by atoms with van der Waals surface area (Å²) in [4.78, 5) is 0. The molecule has 0 spiro atoms. The minimum atomic E-state index is -4.67. The standard InChI is InChI=1S/Ca.2H3N.2H2O4S.H2O/c;;;2*1-5(2,3)4;/h;2*1H3;2*(H2,1,2,3,4);1H2. The Morgan fingerprint density at radius 1 is 0.643 bits per heavy atom. The van der Waals surface area contributed by atoms with Crippen LogP contribution in [0.4, 0.5) is 0 Å². The monoisotopic (exact) mass is 288 g/mol. The van der Waals surface area contributed by atoms with Crippen LogP contribution in [0.3, 0.4) is 0 Å². The van der Waals surface area contributed by atoms with Crippen LogP contribution in [0.1, 0.15) is 0 Å². The molecule has 0 aliphatic heterocycles. The zero-order chi connectivity index (χ0) is 9.00. The maximum absolute atomic E-state index is 8.74. The molecule has 0 aromatic heterocycles. The predicted molar refractivity (Wildman–Crippen MR) is 47.8 cm³/mol. The molecule has 0 saturated heterocycles. The van der Waals surface area contributed by atoms with Gasteiger partial charge in [-0.25, -0.2) is 0 Å². The van der Waals surface area contributed by atoms with Crippen LogP contribution in [0, 0.1) is 0 Å². The van der Waals surface area contributed by atoms with Gasteiger partial charge in [0, 0.05) is 37.7 Å². The summed E-state index contributed by atoms with van der Waals surface area (Å²) in [7, 11) is -9.33. The minimum absolute atomic E-state index is 0. The first-order valence-electron chi connectivity index (χ1n) is 1.40. The molecule has 0 amide bonds. The third kappa shape index (κ3) is 2350. The molecule has 0 unspecified atom stereocenters. The first kappa shape index (κ1) is 36.4. The van der Waals surface area contributed by atoms with E-state index in [4.69, 9.17) is 35.0 Å². The fraction of sp³-hybridized carbons (Fsp3) is 0. The topological polar surface area (TPSA) is 251 Å². The molecule has 14 heavy (non-hydrogen) atoms. The fourth-order valence-electron chi connectivity index (χ4n) is 0. The molecule has 0 aliphatic rings. The van der Waals surface area contributed by atoms with Crippen LogP contribution in [0.2, 0.25) is 0 Å². The maximum atomic E-state index is 8.74. The Balaban J connectivity index is -0.0000000178. The van der Waals surface area contributed by atoms with Crippen LogP contribution in [-0.2, 0) is 20.8 Å². The zero-order valence-electron chi connectivity index (χ0n) is 6.86. The van der Waals surface area contributed by atoms with Crippen molar-refractivity contribution in [2.24, 2.45) is 0 Å². The summed E-state index contributed by atoms with van der Waals surface area (Å²) in [6.45, 7) is 0. The molecule has 0 bridgehead atoms. The summed E-state index contributed by atoms with van der Waals surface area (Å²) in [6, 6.07) is 0. The molecule has 0 fully saturated rings. The summed E-state index contributed by atoms with van der Waals surface area (Å²) in [6.07, 6.45) is 0. The van der Waals surface area contributed by atoms with Crippen molar-refractivity contribution >= 4 is 58.5 Å². The van der Waals surface area contributed by atoms with E-state index >= 15 is 0 Å². The summed E-state index contributed by atoms with van der Waals surface area (Å²) in [5.41, 5.74) is 0. The molecule has 2 radical (unpaired) electrons. The average molecular weight is 288 g/mol. The van der Waals surface area contributed by atoms with E-state index in [1.807, 2.05) is 0 Å². The smallest absolute Gasteiger partial charge is 0.394 e. The second-order valence-electron chi connectivity index (χ2n) is 0.896. The Morgan fingerprint density at radius 2 is 0.643 bits per heavy atom. The van der Waals surface area contributed by atoms with E-state index in [0.29, 0.717) is 0 Å². The van der Waals surface area contributed by atoms with Gasteiger partial charge in [0.25, 0.3) is 0 Å². The maximum Gasteiger partial charge on any atom is 0.394 e. The van der Waals surface area contributed by atoms with Gasteiger partial charge in [-0.3, -0.25) is 18.2 Å². The average Bonchev–Trinajstić information content (AvgIpc) is 1.12. The van der Waals surface area contributed by atoms with Gasteiger partial charge in [0.1, 0.15) is 0 Å². The van der Waals surface area contributed by atoms with Gasteiger partial charge in [-0.1, -0.05) is 0 Å². The van der Waals surface area contributed by atoms with Gasteiger partial charge >= 0.3 is 20.8 Å². The Labute approximate surface area is 111 Å². The summed E-state index contributed by atoms with van der Waals surface area (Å²) in [5, 5.41) is 0. The van der Waals surface area contributed by atoms with Crippen molar-refractivity contribution in [3.63, 3.8) is 0 Å². The molecular weight excluding hydrogens is 276 g/mol. The molecule has 12 N–H and O–H groups in total. The second kappa shape index (κ2) is 13.9. The fourth-order valence-corrected chi connectivity index (χ4v) is 0. The second-order valence-corrected chi connectivity index (χ2v) is 2.69. The van der Waals surface area contributed by atoms with Gasteiger partial charge in [-0.05, 0) is 0 Å². The van der Waals surface area contributed by atoms with Gasteiger partial charge in [0.2, 0.25) is 0 Å². The Kier molecular flexibility index (Phi) is 36.0. The van der Waals surface area contributed by atoms with Crippen LogP contribution >= 0.6 is 0 Å². The van der Waals surface area contributed by atoms with E-state index in [0.717, 1.165) is 0 Å². The van der Waals surface area contributed by atoms with Crippen LogP contribution in [0.25, 0.3) is 0 Å². The first-order valence-corrected chi connectivity index (χ1v) is 4.19. The van der Waals surface area contributed by atoms with E-state index in [1.165, 1.54) is 0 Å². The van der Waals surface area contributed by atoms with Gasteiger partial charge in [-0.15, -0.1) is 0 Å². The molecule has 0 rings (SSSR count). The van der Waals surface area contributed by atoms with Crippen molar-refractivity contribution in [3.8, 4) is 0 Å². The SMILES string of the molecule is N.N.O.O=S(=O)(O)O.O=S(=O)(O)O.[Ca]. The third-order valence-electron chi connectivity index (χ3n) is 0. The molecule has 0 aromatic carbocycles. The normalized spacial score (nSPS) is 8.29. The molecule has 0 atom stereocenters. The van der Waals surface area contributed by atoms with Gasteiger partial charge < -0.3 is 17.8 Å². The third-order valence-corrected chi connectivity index (χ3v) is 0. The summed E-state index contributed by atoms with van der Waals surface area (Å²) >= 11 is 0. The number of hydrogen-bond donors (Lipinski definition) is 6. The number of rotatable bonds is 0. The van der Waals surface area contributed by atoms with E-state index in [-0.39, 0.29) is 55.5 Å². The molecule has 11 nitrogen and oxygen atoms in total. The van der Waals surface area contributed by atoms with Crippen molar-refractivity contribution in [3.05, 3.63) is 0 Å². The first-order chi connectivity index (χ1) is 4.00. The number of hydrogen-bond acceptors (Lipinski definition) is 6. The van der Waals surface area contributed by atoms with Crippen molar-refractivity contribution < 1.29 is 40.5 Å². The molecule has 14 heteroatoms. The van der Waals surface area contributed by atoms with E-state index in [1.54, 1.807) is 0 Å². The minimum Gasteiger partial charge on any atom is -0.412 e. The van der Waals surface area contributed by atoms with Crippen molar-refractivity contribution in [2.75, 3.05) is 0 Å². The van der Waals surface area contributed by atoms with E-state index < -0.39 is 20.8 Å². The Morgan fingerprint density at radius 3 is 0.643 bits per heavy atom. The molecule has 90 valence electrons. The van der Waals surface area contributed by atoms with E-state index in [9.17, 15) is 0 Å². The summed E-state index contributed by atoms with van der Waals surface area (Å²) < 4.78 is 63.2. The molecular formula is H12CaN2O9S2. The molecule has 0 heterocycles. The van der Waals surface area contributed by atoms with Crippen molar-refractivity contribution in [2.45, 2.75) is 0 Å². The largest absolute Gasteiger partial charge is 0.412 e. The van der Waals surface area contributed by atoms with Crippen molar-refractivity contribution in [1.29, 1.82) is 0 Å². The van der Waals surface area contributed by atoms with Crippen LogP contribution in [0.5, 0.6) is 0 Å². The van der Waals surface area contributed by atoms with Gasteiger partial charge in [0.15, 0.2) is 0 Å². The quantitative estimate of drug-likeness (QED) is 0.207. The van der Waals surface area contributed by atoms with Crippen LogP contribution < -0.4 is 12.3 Å². The predicted octanol–water partition coefficient (Wildman–Crippen LogP) is -2.19. The van der Waals surface area contributed by atoms with Gasteiger partial charge in [-0.2, -0.15) is 16.8 Å². The Bertz CT molecular complexity index is 217. The van der Waals surface area contributed by atoms with Gasteiger partial charge in [0.05, 0.1) is 0 Å². The van der Waals surface area contributed by atoms with Crippen LogP contribution in [-0.4, -0.2) is 78.3 Å². The molecule has 0 saturated carbocycles. The van der Waals surface area contributed by atoms with Crippen molar-refractivity contribution in [1.82, 2.24) is 12.3 Å². The Hall–Kier alpha value is 0.880. The summed E-state index contributed by atoms with van der Waals surface area (Å²) in [5.74, 6) is 0. The zero-order valence-corrected chi connectivity index (χ0v) is 10.7.